The molecule has 1 N–H and O–H groups in total. The first-order chi connectivity index (χ1) is 10.4. The maximum absolute atomic E-state index is 10.4. The molecule has 1 aliphatic heterocycles. The third kappa shape index (κ3) is 5.19. The first-order valence-corrected chi connectivity index (χ1v) is 9.10. The van der Waals surface area contributed by atoms with Crippen molar-refractivity contribution in [3.63, 3.8) is 0 Å². The van der Waals surface area contributed by atoms with Crippen LogP contribution in [0.2, 0.25) is 0 Å². The average molecular weight is 314 g/mol. The van der Waals surface area contributed by atoms with Crippen molar-refractivity contribution in [1.82, 2.24) is 0 Å². The Hall–Kier alpha value is -0.160. The van der Waals surface area contributed by atoms with Crippen LogP contribution in [-0.4, -0.2) is 68.3 Å². The fourth-order valence-corrected chi connectivity index (χ4v) is 4.07. The Labute approximate surface area is 136 Å². The highest BCUT2D eigenvalue weighted by Gasteiger charge is 2.33. The molecule has 2 fully saturated rings. The molecule has 1 aliphatic carbocycles. The minimum atomic E-state index is -0.367. The number of aliphatic hydroxyl groups excluding tert-OH is 1. The lowest BCUT2D eigenvalue weighted by atomic mass is 9.75. The molecular formula is C18H36NO3+. The van der Waals surface area contributed by atoms with E-state index in [0.717, 1.165) is 49.7 Å². The molecule has 1 saturated carbocycles. The van der Waals surface area contributed by atoms with Gasteiger partial charge in [0.2, 0.25) is 0 Å². The van der Waals surface area contributed by atoms with Gasteiger partial charge in [0.25, 0.3) is 0 Å². The summed E-state index contributed by atoms with van der Waals surface area (Å²) in [7, 11) is 2.21. The van der Waals surface area contributed by atoms with Crippen LogP contribution in [0, 0.1) is 17.8 Å². The second kappa shape index (κ2) is 8.09. The van der Waals surface area contributed by atoms with Crippen molar-refractivity contribution in [2.75, 3.05) is 46.5 Å². The van der Waals surface area contributed by atoms with E-state index in [1.54, 1.807) is 0 Å². The van der Waals surface area contributed by atoms with E-state index in [1.165, 1.54) is 12.8 Å². The van der Waals surface area contributed by atoms with Gasteiger partial charge in [0.1, 0.15) is 25.7 Å². The highest BCUT2D eigenvalue weighted by Crippen LogP contribution is 2.35. The van der Waals surface area contributed by atoms with E-state index in [4.69, 9.17) is 9.47 Å². The first kappa shape index (κ1) is 18.2. The third-order valence-electron chi connectivity index (χ3n) is 5.67. The summed E-state index contributed by atoms with van der Waals surface area (Å²) >= 11 is 0. The summed E-state index contributed by atoms with van der Waals surface area (Å²) in [5.74, 6) is 2.07. The number of rotatable bonds is 6. The predicted molar refractivity (Wildman–Crippen MR) is 88.7 cm³/mol. The SMILES string of the molecule is CC(C)[C@H]1CC[C@@H](C)C[C@@H]1OC[C@H](O)C[N+]1(C)CCOCC1. The zero-order valence-corrected chi connectivity index (χ0v) is 15.0. The van der Waals surface area contributed by atoms with Crippen LogP contribution in [0.25, 0.3) is 0 Å². The fourth-order valence-electron chi connectivity index (χ4n) is 4.07. The molecule has 130 valence electrons. The number of aliphatic hydroxyl groups is 1. The van der Waals surface area contributed by atoms with Crippen molar-refractivity contribution in [2.24, 2.45) is 17.8 Å². The standard InChI is InChI=1S/C18H36NO3/c1-14(2)17-6-5-15(3)11-18(17)22-13-16(20)12-19(4)7-9-21-10-8-19/h14-18,20H,5-13H2,1-4H3/q+1/t15-,16-,17-,18+/m1/s1. The van der Waals surface area contributed by atoms with Gasteiger partial charge in [-0.1, -0.05) is 27.2 Å². The number of quaternary nitrogens is 1. The van der Waals surface area contributed by atoms with E-state index in [9.17, 15) is 5.11 Å². The topological polar surface area (TPSA) is 38.7 Å². The molecule has 0 aromatic rings. The van der Waals surface area contributed by atoms with Gasteiger partial charge in [-0.3, -0.25) is 0 Å². The van der Waals surface area contributed by atoms with Gasteiger partial charge in [-0.25, -0.2) is 0 Å². The minimum Gasteiger partial charge on any atom is -0.385 e. The van der Waals surface area contributed by atoms with Crippen LogP contribution in [0.15, 0.2) is 0 Å². The minimum absolute atomic E-state index is 0.327. The Bertz CT molecular complexity index is 328. The zero-order valence-electron chi connectivity index (χ0n) is 15.0. The summed E-state index contributed by atoms with van der Waals surface area (Å²) in [6.07, 6.45) is 3.70. The fraction of sp³-hybridized carbons (Fsp3) is 1.00. The van der Waals surface area contributed by atoms with Crippen LogP contribution >= 0.6 is 0 Å². The Balaban J connectivity index is 1.79. The van der Waals surface area contributed by atoms with Crippen LogP contribution in [0.1, 0.15) is 40.0 Å². The Morgan fingerprint density at radius 3 is 2.55 bits per heavy atom. The monoisotopic (exact) mass is 314 g/mol. The maximum Gasteiger partial charge on any atom is 0.126 e. The number of hydrogen-bond donors (Lipinski definition) is 1. The lowest BCUT2D eigenvalue weighted by Gasteiger charge is -2.40. The van der Waals surface area contributed by atoms with E-state index in [1.807, 2.05) is 0 Å². The molecule has 0 aromatic heterocycles. The van der Waals surface area contributed by atoms with Gasteiger partial charge in [-0.15, -0.1) is 0 Å². The van der Waals surface area contributed by atoms with Crippen LogP contribution in [0.5, 0.6) is 0 Å². The number of nitrogens with zero attached hydrogens (tertiary/aromatic N) is 1. The number of hydrogen-bond acceptors (Lipinski definition) is 3. The largest absolute Gasteiger partial charge is 0.385 e. The van der Waals surface area contributed by atoms with Gasteiger partial charge in [-0.2, -0.15) is 0 Å². The summed E-state index contributed by atoms with van der Waals surface area (Å²) in [6, 6.07) is 0. The highest BCUT2D eigenvalue weighted by molar-refractivity contribution is 4.81. The second-order valence-electron chi connectivity index (χ2n) is 8.21. The lowest BCUT2D eigenvalue weighted by molar-refractivity contribution is -0.919. The second-order valence-corrected chi connectivity index (χ2v) is 8.21. The average Bonchev–Trinajstić information content (AvgIpc) is 2.45. The summed E-state index contributed by atoms with van der Waals surface area (Å²) in [4.78, 5) is 0. The molecule has 0 amide bonds. The van der Waals surface area contributed by atoms with Gasteiger partial charge >= 0.3 is 0 Å². The van der Waals surface area contributed by atoms with E-state index in [-0.39, 0.29) is 6.10 Å². The molecule has 0 aromatic carbocycles. The van der Waals surface area contributed by atoms with E-state index in [2.05, 4.69) is 27.8 Å². The zero-order chi connectivity index (χ0) is 16.2. The molecular weight excluding hydrogens is 278 g/mol. The molecule has 4 nitrogen and oxygen atoms in total. The van der Waals surface area contributed by atoms with Crippen LogP contribution in [0.3, 0.4) is 0 Å². The molecule has 1 heterocycles. The maximum atomic E-state index is 10.4. The molecule has 1 saturated heterocycles. The van der Waals surface area contributed by atoms with Gasteiger partial charge in [-0.05, 0) is 30.6 Å². The summed E-state index contributed by atoms with van der Waals surface area (Å²) in [6.45, 7) is 11.8. The van der Waals surface area contributed by atoms with Crippen molar-refractivity contribution in [3.05, 3.63) is 0 Å². The molecule has 0 unspecified atom stereocenters. The molecule has 2 rings (SSSR count). The van der Waals surface area contributed by atoms with E-state index < -0.39 is 0 Å². The number of likely N-dealkylation sites (N-methyl/N-ethyl adjacent to an activating group) is 1. The quantitative estimate of drug-likeness (QED) is 0.765. The predicted octanol–water partition coefficient (Wildman–Crippen LogP) is 2.30. The smallest absolute Gasteiger partial charge is 0.126 e. The Kier molecular flexibility index (Phi) is 6.69. The van der Waals surface area contributed by atoms with Gasteiger partial charge < -0.3 is 19.1 Å². The molecule has 0 spiro atoms. The summed E-state index contributed by atoms with van der Waals surface area (Å²) in [5.41, 5.74) is 0. The molecule has 4 heteroatoms. The van der Waals surface area contributed by atoms with Gasteiger partial charge in [0.05, 0.1) is 33.0 Å². The van der Waals surface area contributed by atoms with Crippen molar-refractivity contribution in [2.45, 2.75) is 52.2 Å². The summed E-state index contributed by atoms with van der Waals surface area (Å²) in [5, 5.41) is 10.4. The normalized spacial score (nSPS) is 33.8. The van der Waals surface area contributed by atoms with Crippen molar-refractivity contribution in [1.29, 1.82) is 0 Å². The van der Waals surface area contributed by atoms with Crippen molar-refractivity contribution in [3.8, 4) is 0 Å². The first-order valence-electron chi connectivity index (χ1n) is 9.10. The Morgan fingerprint density at radius 1 is 1.23 bits per heavy atom. The van der Waals surface area contributed by atoms with E-state index in [0.29, 0.717) is 24.5 Å². The molecule has 0 radical (unpaired) electrons. The number of ether oxygens (including phenoxy) is 2. The third-order valence-corrected chi connectivity index (χ3v) is 5.67. The van der Waals surface area contributed by atoms with Crippen LogP contribution < -0.4 is 0 Å². The van der Waals surface area contributed by atoms with Gasteiger partial charge in [0, 0.05) is 0 Å². The molecule has 0 bridgehead atoms. The van der Waals surface area contributed by atoms with Gasteiger partial charge in [0.15, 0.2) is 0 Å². The van der Waals surface area contributed by atoms with Crippen molar-refractivity contribution >= 4 is 0 Å². The van der Waals surface area contributed by atoms with Crippen LogP contribution in [-0.2, 0) is 9.47 Å². The van der Waals surface area contributed by atoms with Crippen molar-refractivity contribution < 1.29 is 19.1 Å². The molecule has 2 aliphatic rings. The number of morpholine rings is 1. The Morgan fingerprint density at radius 2 is 1.91 bits per heavy atom. The molecule has 22 heavy (non-hydrogen) atoms. The lowest BCUT2D eigenvalue weighted by Crippen LogP contribution is -2.56. The van der Waals surface area contributed by atoms with E-state index >= 15 is 0 Å². The van der Waals surface area contributed by atoms with Crippen LogP contribution in [0.4, 0.5) is 0 Å². The highest BCUT2D eigenvalue weighted by atomic mass is 16.5. The summed E-state index contributed by atoms with van der Waals surface area (Å²) < 4.78 is 12.5. The molecule has 4 atom stereocenters.